The molecule has 110 valence electrons. The van der Waals surface area contributed by atoms with E-state index in [0.29, 0.717) is 6.42 Å². The zero-order chi connectivity index (χ0) is 14.2. The van der Waals surface area contributed by atoms with Gasteiger partial charge in [0.25, 0.3) is 0 Å². The predicted molar refractivity (Wildman–Crippen MR) is 81.3 cm³/mol. The van der Waals surface area contributed by atoms with Gasteiger partial charge in [-0.25, -0.2) is 0 Å². The Morgan fingerprint density at radius 2 is 1.95 bits per heavy atom. The molecule has 5 heteroatoms. The van der Waals surface area contributed by atoms with Crippen LogP contribution in [0.15, 0.2) is 24.3 Å². The van der Waals surface area contributed by atoms with Crippen molar-refractivity contribution in [2.45, 2.75) is 12.8 Å². The van der Waals surface area contributed by atoms with E-state index in [0.717, 1.165) is 45.0 Å². The second-order valence-electron chi connectivity index (χ2n) is 4.90. The summed E-state index contributed by atoms with van der Waals surface area (Å²) in [4.78, 5) is 14.0. The van der Waals surface area contributed by atoms with Crippen molar-refractivity contribution >= 4 is 17.3 Å². The summed E-state index contributed by atoms with van der Waals surface area (Å²) in [6, 6.07) is 8.02. The molecule has 2 rings (SSSR count). The van der Waals surface area contributed by atoms with Crippen LogP contribution in [0.1, 0.15) is 12.8 Å². The topological polar surface area (TPSA) is 53.6 Å². The lowest BCUT2D eigenvalue weighted by molar-refractivity contribution is -0.116. The molecule has 0 bridgehead atoms. The van der Waals surface area contributed by atoms with Gasteiger partial charge in [-0.15, -0.1) is 0 Å². The third-order valence-corrected chi connectivity index (χ3v) is 3.36. The number of nitrogens with zero attached hydrogens (tertiary/aromatic N) is 1. The molecule has 0 saturated carbocycles. The van der Waals surface area contributed by atoms with E-state index in [2.05, 4.69) is 27.7 Å². The molecule has 1 aliphatic rings. The molecule has 0 radical (unpaired) electrons. The summed E-state index contributed by atoms with van der Waals surface area (Å²) in [7, 11) is 1.89. The van der Waals surface area contributed by atoms with Crippen LogP contribution in [0.3, 0.4) is 0 Å². The summed E-state index contributed by atoms with van der Waals surface area (Å²) in [5.41, 5.74) is 2.04. The zero-order valence-electron chi connectivity index (χ0n) is 12.0. The van der Waals surface area contributed by atoms with Gasteiger partial charge in [-0.1, -0.05) is 0 Å². The predicted octanol–water partition coefficient (Wildman–Crippen LogP) is 1.46. The molecule has 0 atom stereocenters. The summed E-state index contributed by atoms with van der Waals surface area (Å²) in [5.74, 6) is 0.0689. The quantitative estimate of drug-likeness (QED) is 0.773. The maximum atomic E-state index is 11.7. The Labute approximate surface area is 120 Å². The van der Waals surface area contributed by atoms with Crippen molar-refractivity contribution in [3.05, 3.63) is 24.3 Å². The van der Waals surface area contributed by atoms with Gasteiger partial charge >= 0.3 is 0 Å². The van der Waals surface area contributed by atoms with Gasteiger partial charge in [-0.05, 0) is 44.3 Å². The number of ether oxygens (including phenoxy) is 1. The number of anilines is 2. The number of benzene rings is 1. The molecule has 0 aromatic heterocycles. The third kappa shape index (κ3) is 4.51. The molecule has 20 heavy (non-hydrogen) atoms. The molecular weight excluding hydrogens is 254 g/mol. The van der Waals surface area contributed by atoms with Crippen molar-refractivity contribution in [1.82, 2.24) is 5.32 Å². The van der Waals surface area contributed by atoms with E-state index >= 15 is 0 Å². The first-order valence-corrected chi connectivity index (χ1v) is 7.17. The minimum atomic E-state index is 0.0689. The minimum absolute atomic E-state index is 0.0689. The van der Waals surface area contributed by atoms with E-state index in [-0.39, 0.29) is 5.91 Å². The largest absolute Gasteiger partial charge is 0.378 e. The standard InChI is InChI=1S/C15H23N3O2/c1-16-8-2-3-15(19)17-13-4-6-14(7-5-13)18-9-11-20-12-10-18/h4-7,16H,2-3,8-12H2,1H3,(H,17,19). The molecule has 0 unspecified atom stereocenters. The summed E-state index contributed by atoms with van der Waals surface area (Å²) in [5, 5.41) is 5.96. The van der Waals surface area contributed by atoms with Gasteiger partial charge in [-0.2, -0.15) is 0 Å². The molecule has 2 N–H and O–H groups in total. The van der Waals surface area contributed by atoms with Crippen LogP contribution >= 0.6 is 0 Å². The first-order chi connectivity index (χ1) is 9.79. The first-order valence-electron chi connectivity index (χ1n) is 7.17. The second kappa shape index (κ2) is 7.87. The fraction of sp³-hybridized carbons (Fsp3) is 0.533. The summed E-state index contributed by atoms with van der Waals surface area (Å²) >= 11 is 0. The number of nitrogens with one attached hydrogen (secondary N) is 2. The molecule has 1 saturated heterocycles. The molecule has 0 aliphatic carbocycles. The fourth-order valence-electron chi connectivity index (χ4n) is 2.23. The summed E-state index contributed by atoms with van der Waals surface area (Å²) in [6.07, 6.45) is 1.40. The molecule has 1 amide bonds. The maximum absolute atomic E-state index is 11.7. The average molecular weight is 277 g/mol. The molecule has 1 aromatic carbocycles. The van der Waals surface area contributed by atoms with Crippen LogP contribution in [-0.2, 0) is 9.53 Å². The van der Waals surface area contributed by atoms with E-state index in [9.17, 15) is 4.79 Å². The van der Waals surface area contributed by atoms with Crippen LogP contribution in [0, 0.1) is 0 Å². The van der Waals surface area contributed by atoms with Crippen molar-refractivity contribution in [1.29, 1.82) is 0 Å². The smallest absolute Gasteiger partial charge is 0.224 e. The highest BCUT2D eigenvalue weighted by Gasteiger charge is 2.11. The second-order valence-corrected chi connectivity index (χ2v) is 4.90. The van der Waals surface area contributed by atoms with Gasteiger partial charge in [-0.3, -0.25) is 4.79 Å². The minimum Gasteiger partial charge on any atom is -0.378 e. The SMILES string of the molecule is CNCCCC(=O)Nc1ccc(N2CCOCC2)cc1. The lowest BCUT2D eigenvalue weighted by Gasteiger charge is -2.28. The number of amides is 1. The Kier molecular flexibility index (Phi) is 5.83. The molecule has 1 fully saturated rings. The van der Waals surface area contributed by atoms with E-state index in [1.165, 1.54) is 5.69 Å². The Morgan fingerprint density at radius 3 is 2.60 bits per heavy atom. The van der Waals surface area contributed by atoms with E-state index < -0.39 is 0 Å². The maximum Gasteiger partial charge on any atom is 0.224 e. The summed E-state index contributed by atoms with van der Waals surface area (Å²) < 4.78 is 5.34. The fourth-order valence-corrected chi connectivity index (χ4v) is 2.23. The van der Waals surface area contributed by atoms with Gasteiger partial charge < -0.3 is 20.3 Å². The summed E-state index contributed by atoms with van der Waals surface area (Å²) in [6.45, 7) is 4.28. The number of hydrogen-bond acceptors (Lipinski definition) is 4. The molecule has 1 heterocycles. The van der Waals surface area contributed by atoms with E-state index in [1.54, 1.807) is 0 Å². The Balaban J connectivity index is 1.83. The molecule has 1 aromatic rings. The zero-order valence-corrected chi connectivity index (χ0v) is 12.0. The molecule has 1 aliphatic heterocycles. The van der Waals surface area contributed by atoms with Crippen molar-refractivity contribution in [3.8, 4) is 0 Å². The Bertz CT molecular complexity index is 414. The van der Waals surface area contributed by atoms with Crippen LogP contribution in [-0.4, -0.2) is 45.8 Å². The number of hydrogen-bond donors (Lipinski definition) is 2. The van der Waals surface area contributed by atoms with Crippen LogP contribution in [0.4, 0.5) is 11.4 Å². The lowest BCUT2D eigenvalue weighted by atomic mass is 10.2. The lowest BCUT2D eigenvalue weighted by Crippen LogP contribution is -2.36. The van der Waals surface area contributed by atoms with Crippen molar-refractivity contribution in [3.63, 3.8) is 0 Å². The highest BCUT2D eigenvalue weighted by atomic mass is 16.5. The molecular formula is C15H23N3O2. The van der Waals surface area contributed by atoms with Gasteiger partial charge in [0.2, 0.25) is 5.91 Å². The van der Waals surface area contributed by atoms with Gasteiger partial charge in [0.15, 0.2) is 0 Å². The number of carbonyl (C=O) groups is 1. The average Bonchev–Trinajstić information content (AvgIpc) is 2.49. The normalized spacial score (nSPS) is 15.2. The van der Waals surface area contributed by atoms with Crippen LogP contribution in [0.2, 0.25) is 0 Å². The van der Waals surface area contributed by atoms with E-state index in [4.69, 9.17) is 4.74 Å². The molecule has 5 nitrogen and oxygen atoms in total. The number of morpholine rings is 1. The monoisotopic (exact) mass is 277 g/mol. The van der Waals surface area contributed by atoms with E-state index in [1.807, 2.05) is 19.2 Å². The molecule has 0 spiro atoms. The highest BCUT2D eigenvalue weighted by molar-refractivity contribution is 5.90. The van der Waals surface area contributed by atoms with Crippen molar-refractivity contribution in [2.24, 2.45) is 0 Å². The Hall–Kier alpha value is -1.59. The highest BCUT2D eigenvalue weighted by Crippen LogP contribution is 2.19. The number of rotatable bonds is 6. The van der Waals surface area contributed by atoms with Crippen LogP contribution < -0.4 is 15.5 Å². The number of carbonyl (C=O) groups excluding carboxylic acids is 1. The van der Waals surface area contributed by atoms with Crippen LogP contribution in [0.5, 0.6) is 0 Å². The van der Waals surface area contributed by atoms with Crippen molar-refractivity contribution < 1.29 is 9.53 Å². The van der Waals surface area contributed by atoms with Crippen molar-refractivity contribution in [2.75, 3.05) is 50.1 Å². The van der Waals surface area contributed by atoms with Gasteiger partial charge in [0, 0.05) is 30.9 Å². The van der Waals surface area contributed by atoms with Gasteiger partial charge in [0.05, 0.1) is 13.2 Å². The van der Waals surface area contributed by atoms with Gasteiger partial charge in [0.1, 0.15) is 0 Å². The third-order valence-electron chi connectivity index (χ3n) is 3.36. The Morgan fingerprint density at radius 1 is 1.25 bits per heavy atom. The first kappa shape index (κ1) is 14.8. The van der Waals surface area contributed by atoms with Crippen LogP contribution in [0.25, 0.3) is 0 Å².